The smallest absolute Gasteiger partial charge is 0.370 e. The van der Waals surface area contributed by atoms with E-state index < -0.39 is 8.80 Å². The van der Waals surface area contributed by atoms with Crippen LogP contribution in [0.25, 0.3) is 0 Å². The molecule has 0 amide bonds. The fourth-order valence-electron chi connectivity index (χ4n) is 3.02. The van der Waals surface area contributed by atoms with E-state index in [1.165, 1.54) is 0 Å². The van der Waals surface area contributed by atoms with Crippen molar-refractivity contribution >= 4 is 8.80 Å². The summed E-state index contributed by atoms with van der Waals surface area (Å²) in [4.78, 5) is 0. The predicted octanol–water partition coefficient (Wildman–Crippen LogP) is 4.51. The summed E-state index contributed by atoms with van der Waals surface area (Å²) in [6.45, 7) is 24.8. The Morgan fingerprint density at radius 3 is 1.32 bits per heavy atom. The molecule has 1 atom stereocenters. The Kier molecular flexibility index (Phi) is 13.1. The van der Waals surface area contributed by atoms with Crippen LogP contribution in [0, 0.1) is 0 Å². The molecule has 0 bridgehead atoms. The van der Waals surface area contributed by atoms with E-state index >= 15 is 0 Å². The average molecular weight is 371 g/mol. The van der Waals surface area contributed by atoms with E-state index in [1.54, 1.807) is 0 Å². The highest BCUT2D eigenvalue weighted by atomic mass is 28.4. The predicted molar refractivity (Wildman–Crippen MR) is 109 cm³/mol. The highest BCUT2D eigenvalue weighted by Crippen LogP contribution is 2.27. The van der Waals surface area contributed by atoms with E-state index in [9.17, 15) is 0 Å². The zero-order valence-corrected chi connectivity index (χ0v) is 18.0. The molecule has 0 radical (unpaired) electrons. The molecule has 0 aliphatic heterocycles. The molecular weight excluding hydrogens is 330 g/mol. The van der Waals surface area contributed by atoms with E-state index in [2.05, 4.69) is 47.4 Å². The lowest BCUT2D eigenvalue weighted by Crippen LogP contribution is -2.70. The summed E-state index contributed by atoms with van der Waals surface area (Å²) in [6.07, 6.45) is 8.71. The van der Waals surface area contributed by atoms with E-state index in [0.717, 1.165) is 43.4 Å². The summed E-state index contributed by atoms with van der Waals surface area (Å²) < 4.78 is 19.8. The van der Waals surface area contributed by atoms with Gasteiger partial charge in [0.1, 0.15) is 0 Å². The van der Waals surface area contributed by atoms with E-state index in [4.69, 9.17) is 13.3 Å². The molecule has 0 spiro atoms. The molecule has 0 saturated heterocycles. The first-order valence-electron chi connectivity index (χ1n) is 9.62. The second-order valence-corrected chi connectivity index (χ2v) is 9.37. The normalized spacial score (nSPS) is 13.4. The number of hydrogen-bond acceptors (Lipinski definition) is 3. The van der Waals surface area contributed by atoms with Crippen LogP contribution < -0.4 is 0 Å². The standard InChI is InChI=1S/C20H40NO3Si/c1-8-14-21(15-9-2,16-10-3)20(7)25(22-17-11-4,23-18-12-5)24-19-13-6/h8-10,20H,1-3,11-19H2,4-7H3/q+1. The Morgan fingerprint density at radius 2 is 1.08 bits per heavy atom. The SMILES string of the molecule is C=CC[N+](CC=C)(CC=C)C(C)[Si](OCCC)(OCCC)OCCC. The van der Waals surface area contributed by atoms with Crippen LogP contribution in [-0.4, -0.2) is 58.4 Å². The second-order valence-electron chi connectivity index (χ2n) is 6.46. The minimum Gasteiger partial charge on any atom is -0.370 e. The first kappa shape index (κ1) is 24.3. The molecule has 0 rings (SSSR count). The molecule has 1 unspecified atom stereocenters. The maximum Gasteiger partial charge on any atom is 0.562 e. The highest BCUT2D eigenvalue weighted by molar-refractivity contribution is 6.62. The molecule has 4 nitrogen and oxygen atoms in total. The summed E-state index contributed by atoms with van der Waals surface area (Å²) in [5, 5.41) is 0. The van der Waals surface area contributed by atoms with Crippen molar-refractivity contribution < 1.29 is 17.8 Å². The van der Waals surface area contributed by atoms with Gasteiger partial charge < -0.3 is 17.8 Å². The second kappa shape index (κ2) is 13.5. The number of nitrogens with zero attached hydrogens (tertiary/aromatic N) is 1. The molecule has 5 heteroatoms. The van der Waals surface area contributed by atoms with Crippen LogP contribution in [0.4, 0.5) is 0 Å². The van der Waals surface area contributed by atoms with Crippen molar-refractivity contribution in [2.24, 2.45) is 0 Å². The van der Waals surface area contributed by atoms with Gasteiger partial charge in [0.05, 0.1) is 19.6 Å². The van der Waals surface area contributed by atoms with E-state index in [0.29, 0.717) is 19.8 Å². The Morgan fingerprint density at radius 1 is 0.760 bits per heavy atom. The maximum atomic E-state index is 6.37. The molecule has 0 heterocycles. The quantitative estimate of drug-likeness (QED) is 0.214. The molecule has 0 aromatic carbocycles. The first-order valence-corrected chi connectivity index (χ1v) is 11.4. The average Bonchev–Trinajstić information content (AvgIpc) is 2.61. The Labute approximate surface area is 157 Å². The minimum absolute atomic E-state index is 0.0751. The zero-order chi connectivity index (χ0) is 19.2. The van der Waals surface area contributed by atoms with Gasteiger partial charge in [-0.1, -0.05) is 40.5 Å². The molecule has 0 aliphatic rings. The van der Waals surface area contributed by atoms with E-state index in [1.807, 2.05) is 18.2 Å². The van der Waals surface area contributed by atoms with Gasteiger partial charge in [-0.15, -0.1) is 0 Å². The Hall–Kier alpha value is -0.723. The molecule has 0 saturated carbocycles. The lowest BCUT2D eigenvalue weighted by atomic mass is 10.3. The van der Waals surface area contributed by atoms with E-state index in [-0.39, 0.29) is 5.67 Å². The van der Waals surface area contributed by atoms with Crippen LogP contribution in [0.2, 0.25) is 0 Å². The lowest BCUT2D eigenvalue weighted by Gasteiger charge is -2.47. The van der Waals surface area contributed by atoms with Gasteiger partial charge in [0, 0.05) is 19.8 Å². The molecule has 0 aromatic rings. The highest BCUT2D eigenvalue weighted by Gasteiger charge is 2.57. The number of rotatable bonds is 17. The van der Waals surface area contributed by atoms with Crippen LogP contribution in [-0.2, 0) is 13.3 Å². The topological polar surface area (TPSA) is 27.7 Å². The monoisotopic (exact) mass is 370 g/mol. The van der Waals surface area contributed by atoms with Gasteiger partial charge in [0.25, 0.3) is 0 Å². The van der Waals surface area contributed by atoms with Crippen LogP contribution in [0.1, 0.15) is 47.0 Å². The lowest BCUT2D eigenvalue weighted by molar-refractivity contribution is -0.925. The molecule has 146 valence electrons. The summed E-state index contributed by atoms with van der Waals surface area (Å²) in [7, 11) is -2.88. The third-order valence-electron chi connectivity index (χ3n) is 4.33. The minimum atomic E-state index is -2.88. The van der Waals surface area contributed by atoms with Gasteiger partial charge in [-0.25, -0.2) is 0 Å². The fourth-order valence-corrected chi connectivity index (χ4v) is 6.45. The molecular formula is C20H40NO3Si+. The van der Waals surface area contributed by atoms with Crippen LogP contribution in [0.5, 0.6) is 0 Å². The van der Waals surface area contributed by atoms with Crippen molar-refractivity contribution in [2.45, 2.75) is 52.6 Å². The van der Waals surface area contributed by atoms with Crippen molar-refractivity contribution in [2.75, 3.05) is 39.5 Å². The van der Waals surface area contributed by atoms with Crippen molar-refractivity contribution in [1.82, 2.24) is 0 Å². The summed E-state index contributed by atoms with van der Waals surface area (Å²) >= 11 is 0. The van der Waals surface area contributed by atoms with Crippen molar-refractivity contribution in [3.8, 4) is 0 Å². The van der Waals surface area contributed by atoms with Gasteiger partial charge in [-0.05, 0) is 44.4 Å². The van der Waals surface area contributed by atoms with Gasteiger partial charge >= 0.3 is 8.80 Å². The van der Waals surface area contributed by atoms with Crippen molar-refractivity contribution in [1.29, 1.82) is 0 Å². The van der Waals surface area contributed by atoms with Crippen molar-refractivity contribution in [3.63, 3.8) is 0 Å². The molecule has 0 fully saturated rings. The van der Waals surface area contributed by atoms with Gasteiger partial charge in [0.2, 0.25) is 0 Å². The Bertz CT molecular complexity index is 339. The maximum absolute atomic E-state index is 6.37. The zero-order valence-electron chi connectivity index (χ0n) is 17.0. The number of hydrogen-bond donors (Lipinski definition) is 0. The summed E-state index contributed by atoms with van der Waals surface area (Å²) in [6, 6.07) is 0. The van der Waals surface area contributed by atoms with Crippen LogP contribution in [0.3, 0.4) is 0 Å². The van der Waals surface area contributed by atoms with Gasteiger partial charge in [-0.3, -0.25) is 0 Å². The molecule has 0 aromatic heterocycles. The van der Waals surface area contributed by atoms with Crippen LogP contribution >= 0.6 is 0 Å². The third-order valence-corrected chi connectivity index (χ3v) is 7.72. The Balaban J connectivity index is 5.93. The fraction of sp³-hybridized carbons (Fsp3) is 0.700. The molecule has 25 heavy (non-hydrogen) atoms. The van der Waals surface area contributed by atoms with Gasteiger partial charge in [0.15, 0.2) is 5.67 Å². The molecule has 0 aliphatic carbocycles. The first-order chi connectivity index (χ1) is 12.0. The summed E-state index contributed by atoms with van der Waals surface area (Å²) in [5.74, 6) is 0. The third kappa shape index (κ3) is 7.19. The summed E-state index contributed by atoms with van der Waals surface area (Å²) in [5.41, 5.74) is 0.0751. The van der Waals surface area contributed by atoms with Crippen molar-refractivity contribution in [3.05, 3.63) is 38.0 Å². The largest absolute Gasteiger partial charge is 0.562 e. The number of quaternary nitrogens is 1. The van der Waals surface area contributed by atoms with Crippen LogP contribution in [0.15, 0.2) is 38.0 Å². The molecule has 0 N–H and O–H groups in total. The van der Waals surface area contributed by atoms with Gasteiger partial charge in [-0.2, -0.15) is 0 Å².